The van der Waals surface area contributed by atoms with E-state index in [0.29, 0.717) is 31.6 Å². The lowest BCUT2D eigenvalue weighted by atomic mass is 9.88. The summed E-state index contributed by atoms with van der Waals surface area (Å²) in [5.41, 5.74) is -0.489. The molecule has 0 aliphatic carbocycles. The Bertz CT molecular complexity index is 1370. The van der Waals surface area contributed by atoms with E-state index in [4.69, 9.17) is 14.2 Å². The summed E-state index contributed by atoms with van der Waals surface area (Å²) < 4.78 is 84.6. The van der Waals surface area contributed by atoms with Gasteiger partial charge >= 0.3 is 0 Å². The minimum absolute atomic E-state index is 0.0391. The van der Waals surface area contributed by atoms with Crippen molar-refractivity contribution in [3.63, 3.8) is 0 Å². The first-order valence-corrected chi connectivity index (χ1v) is 15.5. The number of aliphatic hydroxyl groups is 1. The first-order chi connectivity index (χ1) is 18.5. The summed E-state index contributed by atoms with van der Waals surface area (Å²) >= 11 is 0. The number of halogens is 1. The Kier molecular flexibility index (Phi) is 9.15. The van der Waals surface area contributed by atoms with Crippen LogP contribution in [0.25, 0.3) is 0 Å². The fraction of sp³-hybridized carbons (Fsp3) is 0.520. The molecule has 2 atom stereocenters. The van der Waals surface area contributed by atoms with Gasteiger partial charge in [0.15, 0.2) is 0 Å². The van der Waals surface area contributed by atoms with Crippen molar-refractivity contribution in [2.45, 2.75) is 46.8 Å². The SMILES string of the molecule is CNS(=O)(=O)c1cccc(OCC(O)CNC2COC3(CCN(S(=O)(=O)c4cc(OC)ccc4F)CC3)C2)c1. The van der Waals surface area contributed by atoms with Crippen molar-refractivity contribution in [3.05, 3.63) is 48.3 Å². The molecule has 2 aromatic rings. The number of ether oxygens (including phenoxy) is 3. The highest BCUT2D eigenvalue weighted by atomic mass is 32.2. The first kappa shape index (κ1) is 29.6. The number of nitrogens with zero attached hydrogens (tertiary/aromatic N) is 1. The van der Waals surface area contributed by atoms with Crippen LogP contribution in [0.5, 0.6) is 11.5 Å². The van der Waals surface area contributed by atoms with E-state index >= 15 is 0 Å². The van der Waals surface area contributed by atoms with Crippen molar-refractivity contribution in [3.8, 4) is 11.5 Å². The highest BCUT2D eigenvalue weighted by Crippen LogP contribution is 2.38. The first-order valence-electron chi connectivity index (χ1n) is 12.5. The zero-order chi connectivity index (χ0) is 28.3. The molecule has 2 aliphatic rings. The number of hydrogen-bond donors (Lipinski definition) is 3. The van der Waals surface area contributed by atoms with E-state index in [1.807, 2.05) is 0 Å². The summed E-state index contributed by atoms with van der Waals surface area (Å²) in [6.45, 7) is 1.00. The van der Waals surface area contributed by atoms with Gasteiger partial charge < -0.3 is 24.6 Å². The van der Waals surface area contributed by atoms with Crippen LogP contribution in [-0.4, -0.2) is 91.0 Å². The van der Waals surface area contributed by atoms with Crippen LogP contribution < -0.4 is 19.5 Å². The van der Waals surface area contributed by atoms with Crippen molar-refractivity contribution in [1.29, 1.82) is 0 Å². The highest BCUT2D eigenvalue weighted by molar-refractivity contribution is 7.89. The Hall–Kier alpha value is -2.33. The van der Waals surface area contributed by atoms with Gasteiger partial charge in [-0.15, -0.1) is 0 Å². The second-order valence-corrected chi connectivity index (χ2v) is 13.4. The van der Waals surface area contributed by atoms with E-state index in [0.717, 1.165) is 6.07 Å². The molecule has 0 saturated carbocycles. The van der Waals surface area contributed by atoms with Crippen LogP contribution in [0.4, 0.5) is 4.39 Å². The van der Waals surface area contributed by atoms with Gasteiger partial charge in [-0.3, -0.25) is 0 Å². The lowest BCUT2D eigenvalue weighted by Crippen LogP contribution is -2.47. The number of hydrogen-bond acceptors (Lipinski definition) is 9. The molecule has 11 nitrogen and oxygen atoms in total. The minimum Gasteiger partial charge on any atom is -0.497 e. The number of nitrogens with one attached hydrogen (secondary N) is 2. The molecule has 1 spiro atoms. The minimum atomic E-state index is -4.03. The topological polar surface area (TPSA) is 144 Å². The Labute approximate surface area is 228 Å². The molecular weight excluding hydrogens is 553 g/mol. The molecule has 0 bridgehead atoms. The summed E-state index contributed by atoms with van der Waals surface area (Å²) in [7, 11) is -4.91. The molecule has 0 aromatic heterocycles. The molecule has 2 fully saturated rings. The maximum atomic E-state index is 14.3. The van der Waals surface area contributed by atoms with E-state index in [2.05, 4.69) is 10.0 Å². The zero-order valence-corrected chi connectivity index (χ0v) is 23.4. The fourth-order valence-electron chi connectivity index (χ4n) is 4.81. The Morgan fingerprint density at radius 3 is 2.59 bits per heavy atom. The van der Waals surface area contributed by atoms with Gasteiger partial charge in [-0.25, -0.2) is 25.9 Å². The van der Waals surface area contributed by atoms with Gasteiger partial charge in [-0.05, 0) is 50.6 Å². The average Bonchev–Trinajstić information content (AvgIpc) is 3.33. The van der Waals surface area contributed by atoms with E-state index < -0.39 is 42.5 Å². The van der Waals surface area contributed by atoms with Crippen molar-refractivity contribution in [1.82, 2.24) is 14.3 Å². The molecular formula is C25H34FN3O8S2. The number of aliphatic hydroxyl groups excluding tert-OH is 1. The van der Waals surface area contributed by atoms with Crippen molar-refractivity contribution < 1.29 is 40.5 Å². The standard InChI is InChI=1S/C25H34FN3O8S2/c1-27-38(31,32)22-5-3-4-21(12-22)36-17-19(30)15-28-18-14-25(37-16-18)8-10-29(11-9-25)39(33,34)24-13-20(35-2)6-7-23(24)26/h3-7,12-13,18-19,27-28,30H,8-11,14-17H2,1-2H3. The van der Waals surface area contributed by atoms with E-state index in [1.54, 1.807) is 12.1 Å². The van der Waals surface area contributed by atoms with Crippen LogP contribution in [0.3, 0.4) is 0 Å². The smallest absolute Gasteiger partial charge is 0.246 e. The maximum Gasteiger partial charge on any atom is 0.246 e. The number of benzene rings is 2. The van der Waals surface area contributed by atoms with Crippen LogP contribution in [0.2, 0.25) is 0 Å². The van der Waals surface area contributed by atoms with Crippen LogP contribution in [0, 0.1) is 5.82 Å². The summed E-state index contributed by atoms with van der Waals surface area (Å²) in [6, 6.07) is 9.61. The van der Waals surface area contributed by atoms with Crippen LogP contribution in [0.15, 0.2) is 52.3 Å². The molecule has 0 radical (unpaired) electrons. The van der Waals surface area contributed by atoms with Crippen molar-refractivity contribution in [2.75, 3.05) is 47.0 Å². The van der Waals surface area contributed by atoms with Gasteiger partial charge in [-0.1, -0.05) is 6.07 Å². The second-order valence-electron chi connectivity index (χ2n) is 9.65. The molecule has 2 unspecified atom stereocenters. The lowest BCUT2D eigenvalue weighted by Gasteiger charge is -2.38. The van der Waals surface area contributed by atoms with Gasteiger partial charge in [0.1, 0.15) is 34.9 Å². The molecule has 39 heavy (non-hydrogen) atoms. The third-order valence-corrected chi connectivity index (χ3v) is 10.4. The molecule has 4 rings (SSSR count). The Morgan fingerprint density at radius 2 is 1.90 bits per heavy atom. The van der Waals surface area contributed by atoms with E-state index in [-0.39, 0.29) is 42.9 Å². The molecule has 216 valence electrons. The Balaban J connectivity index is 1.25. The molecule has 3 N–H and O–H groups in total. The van der Waals surface area contributed by atoms with Gasteiger partial charge in [0, 0.05) is 37.8 Å². The van der Waals surface area contributed by atoms with Gasteiger partial charge in [-0.2, -0.15) is 4.31 Å². The quantitative estimate of drug-likeness (QED) is 0.352. The number of methoxy groups -OCH3 is 1. The normalized spacial score (nSPS) is 20.7. The molecule has 2 heterocycles. The number of piperidine rings is 1. The average molecular weight is 588 g/mol. The lowest BCUT2D eigenvalue weighted by molar-refractivity contribution is -0.0312. The summed E-state index contributed by atoms with van der Waals surface area (Å²) in [4.78, 5) is -0.340. The third-order valence-electron chi connectivity index (χ3n) is 7.07. The van der Waals surface area contributed by atoms with E-state index in [9.17, 15) is 26.3 Å². The number of rotatable bonds is 11. The largest absolute Gasteiger partial charge is 0.497 e. The maximum absolute atomic E-state index is 14.3. The predicted molar refractivity (Wildman–Crippen MR) is 140 cm³/mol. The monoisotopic (exact) mass is 587 g/mol. The molecule has 14 heteroatoms. The molecule has 2 aromatic carbocycles. The third kappa shape index (κ3) is 6.88. The fourth-order valence-corrected chi connectivity index (χ4v) is 7.09. The molecule has 2 aliphatic heterocycles. The van der Waals surface area contributed by atoms with Crippen molar-refractivity contribution in [2.24, 2.45) is 0 Å². The van der Waals surface area contributed by atoms with E-state index in [1.165, 1.54) is 42.7 Å². The van der Waals surface area contributed by atoms with Crippen LogP contribution in [0.1, 0.15) is 19.3 Å². The summed E-state index contributed by atoms with van der Waals surface area (Å²) in [5, 5.41) is 13.6. The second kappa shape index (κ2) is 12.0. The van der Waals surface area contributed by atoms with Crippen LogP contribution in [-0.2, 0) is 24.8 Å². The van der Waals surface area contributed by atoms with Gasteiger partial charge in [0.2, 0.25) is 20.0 Å². The summed E-state index contributed by atoms with van der Waals surface area (Å²) in [5.74, 6) is -0.237. The van der Waals surface area contributed by atoms with Gasteiger partial charge in [0.25, 0.3) is 0 Å². The van der Waals surface area contributed by atoms with Crippen molar-refractivity contribution >= 4 is 20.0 Å². The van der Waals surface area contributed by atoms with Gasteiger partial charge in [0.05, 0.1) is 24.2 Å². The molecule has 2 saturated heterocycles. The summed E-state index contributed by atoms with van der Waals surface area (Å²) in [6.07, 6.45) is 0.725. The Morgan fingerprint density at radius 1 is 1.15 bits per heavy atom. The zero-order valence-electron chi connectivity index (χ0n) is 21.8. The number of sulfonamides is 2. The predicted octanol–water partition coefficient (Wildman–Crippen LogP) is 1.08. The van der Waals surface area contributed by atoms with Crippen LogP contribution >= 0.6 is 0 Å². The molecule has 0 amide bonds. The highest BCUT2D eigenvalue weighted by Gasteiger charge is 2.45.